The van der Waals surface area contributed by atoms with Gasteiger partial charge < -0.3 is 10.2 Å². The first-order valence-electron chi connectivity index (χ1n) is 10.6. The van der Waals surface area contributed by atoms with Crippen LogP contribution in [0.1, 0.15) is 25.8 Å². The second kappa shape index (κ2) is 12.2. The molecule has 0 bridgehead atoms. The number of non-ortho nitro benzene ring substituents is 1. The molecule has 0 aliphatic heterocycles. The fourth-order valence-corrected chi connectivity index (χ4v) is 4.80. The third kappa shape index (κ3) is 7.30. The van der Waals surface area contributed by atoms with E-state index in [0.29, 0.717) is 12.1 Å². The molecule has 0 saturated carbocycles. The molecule has 2 aromatic carbocycles. The molecule has 190 valence electrons. The zero-order valence-electron chi connectivity index (χ0n) is 19.4. The number of sulfonamides is 1. The Kier molecular flexibility index (Phi) is 9.87. The van der Waals surface area contributed by atoms with Crippen molar-refractivity contribution in [3.05, 3.63) is 68.2 Å². The van der Waals surface area contributed by atoms with E-state index in [2.05, 4.69) is 5.32 Å². The number of nitrogens with one attached hydrogen (secondary N) is 1. The van der Waals surface area contributed by atoms with Gasteiger partial charge in [-0.25, -0.2) is 8.42 Å². The summed E-state index contributed by atoms with van der Waals surface area (Å²) < 4.78 is 25.9. The number of likely N-dealkylation sites (N-methyl/N-ethyl adjacent to an activating group) is 1. The van der Waals surface area contributed by atoms with Gasteiger partial charge in [0, 0.05) is 40.8 Å². The Bertz CT molecular complexity index is 1190. The van der Waals surface area contributed by atoms with Crippen molar-refractivity contribution in [2.45, 2.75) is 32.9 Å². The third-order valence-electron chi connectivity index (χ3n) is 5.13. The van der Waals surface area contributed by atoms with E-state index in [1.807, 2.05) is 0 Å². The number of halogens is 2. The largest absolute Gasteiger partial charge is 0.355 e. The van der Waals surface area contributed by atoms with E-state index >= 15 is 0 Å². The maximum absolute atomic E-state index is 13.5. The Labute approximate surface area is 214 Å². The van der Waals surface area contributed by atoms with Gasteiger partial charge in [-0.05, 0) is 31.5 Å². The van der Waals surface area contributed by atoms with E-state index in [9.17, 15) is 28.1 Å². The molecule has 2 amide bonds. The number of carbonyl (C=O) groups is 2. The first-order chi connectivity index (χ1) is 16.4. The van der Waals surface area contributed by atoms with Crippen molar-refractivity contribution < 1.29 is 22.9 Å². The molecule has 2 rings (SSSR count). The van der Waals surface area contributed by atoms with Gasteiger partial charge in [-0.15, -0.1) is 0 Å². The van der Waals surface area contributed by atoms with E-state index in [0.717, 1.165) is 16.6 Å². The number of carbonyl (C=O) groups excluding carboxylic acids is 2. The molecule has 0 fully saturated rings. The minimum absolute atomic E-state index is 0.0585. The summed E-state index contributed by atoms with van der Waals surface area (Å²) in [6.45, 7) is 2.92. The van der Waals surface area contributed by atoms with Crippen LogP contribution < -0.4 is 9.62 Å². The molecule has 2 aromatic rings. The normalized spacial score (nSPS) is 12.0. The van der Waals surface area contributed by atoms with Crippen LogP contribution >= 0.6 is 23.2 Å². The maximum atomic E-state index is 13.5. The smallest absolute Gasteiger partial charge is 0.271 e. The number of hydrogen-bond donors (Lipinski definition) is 1. The molecular formula is C22H26Cl2N4O6S. The predicted octanol–water partition coefficient (Wildman–Crippen LogP) is 3.61. The van der Waals surface area contributed by atoms with Crippen LogP contribution in [0.15, 0.2) is 42.5 Å². The van der Waals surface area contributed by atoms with E-state index in [4.69, 9.17) is 23.2 Å². The molecule has 0 spiro atoms. The van der Waals surface area contributed by atoms with Crippen molar-refractivity contribution in [3.63, 3.8) is 0 Å². The summed E-state index contributed by atoms with van der Waals surface area (Å²) in [4.78, 5) is 38.1. The van der Waals surface area contributed by atoms with Gasteiger partial charge in [0.15, 0.2) is 0 Å². The number of amides is 2. The van der Waals surface area contributed by atoms with Gasteiger partial charge in [0.05, 0.1) is 16.9 Å². The van der Waals surface area contributed by atoms with Crippen molar-refractivity contribution >= 4 is 56.4 Å². The van der Waals surface area contributed by atoms with E-state index in [1.165, 1.54) is 23.1 Å². The first-order valence-corrected chi connectivity index (χ1v) is 13.2. The van der Waals surface area contributed by atoms with Crippen LogP contribution in [0.5, 0.6) is 0 Å². The summed E-state index contributed by atoms with van der Waals surface area (Å²) in [6, 6.07) is 8.80. The van der Waals surface area contributed by atoms with Crippen molar-refractivity contribution in [3.8, 4) is 0 Å². The fourth-order valence-electron chi connectivity index (χ4n) is 3.44. The molecule has 1 N–H and O–H groups in total. The maximum Gasteiger partial charge on any atom is 0.271 e. The average Bonchev–Trinajstić information content (AvgIpc) is 2.78. The molecule has 0 heterocycles. The average molecular weight is 545 g/mol. The van der Waals surface area contributed by atoms with Gasteiger partial charge >= 0.3 is 0 Å². The number of rotatable bonds is 11. The minimum atomic E-state index is -4.03. The summed E-state index contributed by atoms with van der Waals surface area (Å²) >= 11 is 12.6. The van der Waals surface area contributed by atoms with Gasteiger partial charge in [0.25, 0.3) is 5.69 Å². The second-order valence-corrected chi connectivity index (χ2v) is 10.3. The number of hydrogen-bond acceptors (Lipinski definition) is 6. The number of benzene rings is 2. The van der Waals surface area contributed by atoms with Crippen molar-refractivity contribution in [2.24, 2.45) is 0 Å². The number of nitro groups is 1. The van der Waals surface area contributed by atoms with Gasteiger partial charge in [0.1, 0.15) is 12.6 Å². The SMILES string of the molecule is CCNC(=O)C(CC)N(Cc1c(Cl)cccc1Cl)C(=O)CN(c1cccc([N+](=O)[O-])c1)S(C)(=O)=O. The Morgan fingerprint density at radius 3 is 2.23 bits per heavy atom. The lowest BCUT2D eigenvalue weighted by atomic mass is 10.1. The zero-order chi connectivity index (χ0) is 26.3. The predicted molar refractivity (Wildman–Crippen MR) is 135 cm³/mol. The lowest BCUT2D eigenvalue weighted by Gasteiger charge is -2.33. The molecule has 35 heavy (non-hydrogen) atoms. The van der Waals surface area contributed by atoms with Crippen LogP contribution in [-0.4, -0.2) is 55.4 Å². The summed E-state index contributed by atoms with van der Waals surface area (Å²) in [5.74, 6) is -1.14. The van der Waals surface area contributed by atoms with Crippen LogP contribution in [0, 0.1) is 10.1 Å². The number of nitrogens with zero attached hydrogens (tertiary/aromatic N) is 3. The van der Waals surface area contributed by atoms with E-state index < -0.39 is 39.3 Å². The molecule has 0 radical (unpaired) electrons. The molecule has 0 aliphatic carbocycles. The lowest BCUT2D eigenvalue weighted by molar-refractivity contribution is -0.384. The molecule has 0 aromatic heterocycles. The quantitative estimate of drug-likeness (QED) is 0.339. The van der Waals surface area contributed by atoms with Gasteiger partial charge in [-0.1, -0.05) is 42.3 Å². The zero-order valence-corrected chi connectivity index (χ0v) is 21.7. The van der Waals surface area contributed by atoms with E-state index in [1.54, 1.807) is 32.0 Å². The Hall–Kier alpha value is -2.89. The first kappa shape index (κ1) is 28.3. The summed E-state index contributed by atoms with van der Waals surface area (Å²) in [5, 5.41) is 14.4. The highest BCUT2D eigenvalue weighted by Crippen LogP contribution is 2.28. The van der Waals surface area contributed by atoms with Crippen LogP contribution in [0.3, 0.4) is 0 Å². The Morgan fingerprint density at radius 1 is 1.11 bits per heavy atom. The molecule has 13 heteroatoms. The Balaban J connectivity index is 2.53. The molecule has 0 saturated heterocycles. The van der Waals surface area contributed by atoms with Crippen LogP contribution in [0.4, 0.5) is 11.4 Å². The minimum Gasteiger partial charge on any atom is -0.355 e. The van der Waals surface area contributed by atoms with Crippen molar-refractivity contribution in [2.75, 3.05) is 23.7 Å². The molecule has 10 nitrogen and oxygen atoms in total. The second-order valence-electron chi connectivity index (χ2n) is 7.59. The van der Waals surface area contributed by atoms with Gasteiger partial charge in [-0.3, -0.25) is 24.0 Å². The number of anilines is 1. The summed E-state index contributed by atoms with van der Waals surface area (Å²) in [5.41, 5.74) is 0.00193. The van der Waals surface area contributed by atoms with Gasteiger partial charge in [0.2, 0.25) is 21.8 Å². The van der Waals surface area contributed by atoms with Crippen LogP contribution in [0.25, 0.3) is 0 Å². The summed E-state index contributed by atoms with van der Waals surface area (Å²) in [7, 11) is -4.03. The molecule has 1 unspecified atom stereocenters. The molecule has 1 atom stereocenters. The number of nitro benzene ring substituents is 1. The molecule has 0 aliphatic rings. The highest BCUT2D eigenvalue weighted by atomic mass is 35.5. The monoisotopic (exact) mass is 544 g/mol. The third-order valence-corrected chi connectivity index (χ3v) is 6.98. The van der Waals surface area contributed by atoms with Crippen molar-refractivity contribution in [1.82, 2.24) is 10.2 Å². The fraction of sp³-hybridized carbons (Fsp3) is 0.364. The van der Waals surface area contributed by atoms with Crippen molar-refractivity contribution in [1.29, 1.82) is 0 Å². The Morgan fingerprint density at radius 2 is 1.71 bits per heavy atom. The lowest BCUT2D eigenvalue weighted by Crippen LogP contribution is -2.52. The standard InChI is InChI=1S/C22H26Cl2N4O6S/c1-4-20(22(30)25-5-2)26(13-17-18(23)10-7-11-19(17)24)21(29)14-27(35(3,33)34)15-8-6-9-16(12-15)28(31)32/h6-12,20H,4-5,13-14H2,1-3H3,(H,25,30). The van der Waals surface area contributed by atoms with Crippen LogP contribution in [0.2, 0.25) is 10.0 Å². The molecular weight excluding hydrogens is 519 g/mol. The van der Waals surface area contributed by atoms with Gasteiger partial charge in [-0.2, -0.15) is 0 Å². The summed E-state index contributed by atoms with van der Waals surface area (Å²) in [6.07, 6.45) is 1.12. The van der Waals surface area contributed by atoms with Crippen LogP contribution in [-0.2, 0) is 26.2 Å². The highest BCUT2D eigenvalue weighted by molar-refractivity contribution is 7.92. The highest BCUT2D eigenvalue weighted by Gasteiger charge is 2.32. The topological polar surface area (TPSA) is 130 Å². The van der Waals surface area contributed by atoms with E-state index in [-0.39, 0.29) is 34.4 Å².